The van der Waals surface area contributed by atoms with Gasteiger partial charge >= 0.3 is 5.97 Å². The average Bonchev–Trinajstić information content (AvgIpc) is 2.27. The summed E-state index contributed by atoms with van der Waals surface area (Å²) in [6, 6.07) is -0.369. The predicted molar refractivity (Wildman–Crippen MR) is 71.4 cm³/mol. The molecule has 0 rings (SSSR count). The van der Waals surface area contributed by atoms with Crippen LogP contribution in [-0.4, -0.2) is 29.7 Å². The van der Waals surface area contributed by atoms with Crippen molar-refractivity contribution in [3.63, 3.8) is 0 Å². The van der Waals surface area contributed by atoms with Gasteiger partial charge in [-0.05, 0) is 25.3 Å². The van der Waals surface area contributed by atoms with Crippen LogP contribution in [0.1, 0.15) is 52.9 Å². The second-order valence-corrected chi connectivity index (χ2v) is 4.64. The van der Waals surface area contributed by atoms with Crippen molar-refractivity contribution in [2.24, 2.45) is 5.92 Å². The van der Waals surface area contributed by atoms with Gasteiger partial charge in [-0.25, -0.2) is 10.2 Å². The number of aliphatic carboxylic acids is 1. The Kier molecular flexibility index (Phi) is 14.8. The largest absolute Gasteiger partial charge is 0.480 e. The number of nitrogens with one attached hydrogen (secondary N) is 2. The van der Waals surface area contributed by atoms with Gasteiger partial charge in [-0.15, -0.1) is 0 Å². The number of unbranched alkanes of at least 4 members (excludes halogenated alkanes) is 3. The smallest absolute Gasteiger partial charge is 0.320 e. The Morgan fingerprint density at radius 3 is 2.28 bits per heavy atom. The van der Waals surface area contributed by atoms with Gasteiger partial charge in [0.25, 0.3) is 0 Å². The Bertz CT molecular complexity index is 236. The molecule has 18 heavy (non-hydrogen) atoms. The Balaban J connectivity index is 0. The van der Waals surface area contributed by atoms with Gasteiger partial charge in [-0.2, -0.15) is 0 Å². The van der Waals surface area contributed by atoms with Crippen LogP contribution < -0.4 is 5.32 Å². The van der Waals surface area contributed by atoms with E-state index in [9.17, 15) is 4.79 Å². The second kappa shape index (κ2) is 13.9. The molecule has 0 amide bonds. The Hall–Kier alpha value is -1.19. The summed E-state index contributed by atoms with van der Waals surface area (Å²) in [5.41, 5.74) is 0. The van der Waals surface area contributed by atoms with E-state index < -0.39 is 5.97 Å². The van der Waals surface area contributed by atoms with E-state index in [4.69, 9.17) is 15.3 Å². The van der Waals surface area contributed by atoms with Crippen LogP contribution in [0.5, 0.6) is 0 Å². The molecule has 0 heterocycles. The number of carbonyl (C=O) groups excluding carboxylic acids is 1. The third-order valence-corrected chi connectivity index (χ3v) is 2.43. The van der Waals surface area contributed by atoms with Gasteiger partial charge in [0.2, 0.25) is 6.08 Å². The van der Waals surface area contributed by atoms with Crippen molar-refractivity contribution in [1.82, 2.24) is 5.32 Å². The van der Waals surface area contributed by atoms with Crippen LogP contribution in [0.15, 0.2) is 0 Å². The molecule has 106 valence electrons. The van der Waals surface area contributed by atoms with Crippen molar-refractivity contribution >= 4 is 12.0 Å². The van der Waals surface area contributed by atoms with Gasteiger partial charge in [0, 0.05) is 0 Å². The predicted octanol–water partition coefficient (Wildman–Crippen LogP) is 2.56. The van der Waals surface area contributed by atoms with Crippen LogP contribution >= 0.6 is 0 Å². The number of isocyanates is 1. The Morgan fingerprint density at radius 1 is 1.33 bits per heavy atom. The minimum Gasteiger partial charge on any atom is -0.480 e. The van der Waals surface area contributed by atoms with Crippen LogP contribution in [0.2, 0.25) is 0 Å². The molecule has 5 heteroatoms. The third kappa shape index (κ3) is 14.8. The van der Waals surface area contributed by atoms with Crippen LogP contribution in [0.3, 0.4) is 0 Å². The van der Waals surface area contributed by atoms with Crippen molar-refractivity contribution in [2.45, 2.75) is 58.9 Å². The van der Waals surface area contributed by atoms with Crippen molar-refractivity contribution in [3.8, 4) is 0 Å². The van der Waals surface area contributed by atoms with Gasteiger partial charge in [-0.1, -0.05) is 40.0 Å². The highest BCUT2D eigenvalue weighted by atomic mass is 16.4. The summed E-state index contributed by atoms with van der Waals surface area (Å²) in [6.07, 6.45) is 6.19. The van der Waals surface area contributed by atoms with Gasteiger partial charge < -0.3 is 10.4 Å². The number of carbonyl (C=O) groups is 1. The van der Waals surface area contributed by atoms with E-state index >= 15 is 0 Å². The van der Waals surface area contributed by atoms with E-state index in [1.165, 1.54) is 19.3 Å². The number of hydrogen-bond donors (Lipinski definition) is 3. The summed E-state index contributed by atoms with van der Waals surface area (Å²) >= 11 is 0. The topological polar surface area (TPSA) is 90.2 Å². The molecular formula is C13H26N2O3. The quantitative estimate of drug-likeness (QED) is 0.337. The molecule has 0 fully saturated rings. The fourth-order valence-electron chi connectivity index (χ4n) is 1.57. The molecule has 0 saturated carbocycles. The fourth-order valence-corrected chi connectivity index (χ4v) is 1.57. The minimum absolute atomic E-state index is 0.369. The first-order chi connectivity index (χ1) is 8.49. The van der Waals surface area contributed by atoms with E-state index in [-0.39, 0.29) is 6.04 Å². The molecule has 5 nitrogen and oxygen atoms in total. The lowest BCUT2D eigenvalue weighted by atomic mass is 10.0. The summed E-state index contributed by atoms with van der Waals surface area (Å²) < 4.78 is 0. The first kappa shape index (κ1) is 19.2. The average molecular weight is 258 g/mol. The molecule has 0 aromatic heterocycles. The lowest BCUT2D eigenvalue weighted by Gasteiger charge is -2.16. The normalized spacial score (nSPS) is 11.3. The molecule has 3 N–H and O–H groups in total. The fraction of sp³-hybridized carbons (Fsp3) is 0.846. The minimum atomic E-state index is -0.723. The highest BCUT2D eigenvalue weighted by Crippen LogP contribution is 2.05. The molecule has 0 saturated heterocycles. The molecule has 0 spiro atoms. The maximum Gasteiger partial charge on any atom is 0.320 e. The van der Waals surface area contributed by atoms with Gasteiger partial charge in [0.05, 0.1) is 0 Å². The van der Waals surface area contributed by atoms with E-state index in [1.807, 2.05) is 0 Å². The van der Waals surface area contributed by atoms with Crippen molar-refractivity contribution in [1.29, 1.82) is 5.41 Å². The summed E-state index contributed by atoms with van der Waals surface area (Å²) in [7, 11) is 0. The van der Waals surface area contributed by atoms with E-state index in [0.29, 0.717) is 12.3 Å². The highest BCUT2D eigenvalue weighted by molar-refractivity contribution is 5.73. The maximum absolute atomic E-state index is 10.9. The van der Waals surface area contributed by atoms with Crippen LogP contribution in [-0.2, 0) is 9.59 Å². The highest BCUT2D eigenvalue weighted by Gasteiger charge is 2.17. The molecule has 0 aliphatic heterocycles. The first-order valence-electron chi connectivity index (χ1n) is 6.49. The summed E-state index contributed by atoms with van der Waals surface area (Å²) in [4.78, 5) is 19.2. The van der Waals surface area contributed by atoms with Crippen LogP contribution in [0.4, 0.5) is 0 Å². The number of carboxylic acid groups (broad SMARTS) is 1. The lowest BCUT2D eigenvalue weighted by molar-refractivity contribution is -0.139. The number of rotatable bonds is 9. The molecule has 0 radical (unpaired) electrons. The molecule has 0 aromatic rings. The zero-order chi connectivity index (χ0) is 14.4. The number of carboxylic acids is 1. The monoisotopic (exact) mass is 258 g/mol. The van der Waals surface area contributed by atoms with Gasteiger partial charge in [0.1, 0.15) is 6.04 Å². The second-order valence-electron chi connectivity index (χ2n) is 4.64. The van der Waals surface area contributed by atoms with E-state index in [0.717, 1.165) is 19.0 Å². The Morgan fingerprint density at radius 2 is 1.89 bits per heavy atom. The van der Waals surface area contributed by atoms with E-state index in [1.54, 1.807) is 0 Å². The molecular weight excluding hydrogens is 232 g/mol. The summed E-state index contributed by atoms with van der Waals surface area (Å²) in [5.74, 6) is -0.298. The maximum atomic E-state index is 10.9. The van der Waals surface area contributed by atoms with Crippen molar-refractivity contribution < 1.29 is 14.7 Å². The molecule has 0 bridgehead atoms. The molecule has 0 aliphatic rings. The van der Waals surface area contributed by atoms with Gasteiger partial charge in [-0.3, -0.25) is 4.79 Å². The zero-order valence-corrected chi connectivity index (χ0v) is 11.7. The molecule has 1 atom stereocenters. The molecule has 0 aromatic carbocycles. The Labute approximate surface area is 109 Å². The molecule has 0 aliphatic carbocycles. The first-order valence-corrected chi connectivity index (χ1v) is 6.49. The van der Waals surface area contributed by atoms with E-state index in [2.05, 4.69) is 26.1 Å². The summed E-state index contributed by atoms with van der Waals surface area (Å²) in [6.45, 7) is 7.10. The zero-order valence-electron chi connectivity index (χ0n) is 11.7. The standard InChI is InChI=1S/C12H25NO2.CHNO/c1-4-5-6-7-8-13-11(12(14)15)9-10(2)3;2-1-3/h10-11,13H,4-9H2,1-3H3,(H,14,15);2H. The summed E-state index contributed by atoms with van der Waals surface area (Å²) in [5, 5.41) is 17.5. The van der Waals surface area contributed by atoms with Crippen LogP contribution in [0, 0.1) is 11.3 Å². The van der Waals surface area contributed by atoms with Crippen LogP contribution in [0.25, 0.3) is 0 Å². The lowest BCUT2D eigenvalue weighted by Crippen LogP contribution is -2.38. The van der Waals surface area contributed by atoms with Gasteiger partial charge in [0.15, 0.2) is 0 Å². The SMILES string of the molecule is CCCCCCNC(CC(C)C)C(=O)O.N=C=O. The van der Waals surface area contributed by atoms with Crippen molar-refractivity contribution in [2.75, 3.05) is 6.54 Å². The van der Waals surface area contributed by atoms with Crippen molar-refractivity contribution in [3.05, 3.63) is 0 Å². The third-order valence-electron chi connectivity index (χ3n) is 2.43. The molecule has 1 unspecified atom stereocenters. The number of hydrogen-bond acceptors (Lipinski definition) is 4.